The lowest BCUT2D eigenvalue weighted by Gasteiger charge is -2.36. The average molecular weight is 327 g/mol. The molecular weight excluding hydrogens is 305 g/mol. The summed E-state index contributed by atoms with van der Waals surface area (Å²) in [6.45, 7) is 3.44. The molecule has 1 fully saturated rings. The van der Waals surface area contributed by atoms with E-state index in [1.807, 2.05) is 30.3 Å². The summed E-state index contributed by atoms with van der Waals surface area (Å²) in [5, 5.41) is 0. The van der Waals surface area contributed by atoms with Gasteiger partial charge in [-0.15, -0.1) is 0 Å². The minimum atomic E-state index is -0.148. The van der Waals surface area contributed by atoms with Crippen molar-refractivity contribution in [1.29, 1.82) is 0 Å². The number of ether oxygens (including phenoxy) is 2. The van der Waals surface area contributed by atoms with Crippen LogP contribution in [0.4, 0.5) is 4.39 Å². The molecule has 0 aliphatic carbocycles. The third-order valence-corrected chi connectivity index (χ3v) is 4.85. The molecule has 1 saturated heterocycles. The largest absolute Gasteiger partial charge is 0.486 e. The van der Waals surface area contributed by atoms with E-state index in [0.29, 0.717) is 12.5 Å². The van der Waals surface area contributed by atoms with Crippen molar-refractivity contribution >= 4 is 0 Å². The third-order valence-electron chi connectivity index (χ3n) is 4.85. The lowest BCUT2D eigenvalue weighted by molar-refractivity contribution is 0.0504. The van der Waals surface area contributed by atoms with Crippen LogP contribution in [0.1, 0.15) is 24.3 Å². The molecule has 24 heavy (non-hydrogen) atoms. The molecule has 126 valence electrons. The molecule has 2 heterocycles. The van der Waals surface area contributed by atoms with Gasteiger partial charge in [0, 0.05) is 13.1 Å². The lowest BCUT2D eigenvalue weighted by Crippen LogP contribution is -2.44. The van der Waals surface area contributed by atoms with Gasteiger partial charge in [0.15, 0.2) is 11.5 Å². The van der Waals surface area contributed by atoms with Gasteiger partial charge in [-0.3, -0.25) is 4.90 Å². The lowest BCUT2D eigenvalue weighted by atomic mass is 9.90. The van der Waals surface area contributed by atoms with Gasteiger partial charge in [0.1, 0.15) is 18.5 Å². The molecule has 0 N–H and O–H groups in total. The SMILES string of the molecule is Fc1cccc([C@@H]2CCCN(C[C@H]3COc4ccccc4O3)C2)c1. The number of fused-ring (bicyclic) bond motifs is 1. The molecule has 2 aliphatic heterocycles. The molecule has 2 aromatic carbocycles. The highest BCUT2D eigenvalue weighted by molar-refractivity contribution is 5.40. The molecule has 0 spiro atoms. The summed E-state index contributed by atoms with van der Waals surface area (Å²) >= 11 is 0. The third kappa shape index (κ3) is 3.39. The number of para-hydroxylation sites is 2. The highest BCUT2D eigenvalue weighted by Gasteiger charge is 2.27. The molecule has 3 nitrogen and oxygen atoms in total. The highest BCUT2D eigenvalue weighted by atomic mass is 19.1. The predicted octanol–water partition coefficient (Wildman–Crippen LogP) is 3.85. The maximum atomic E-state index is 13.5. The molecule has 2 aliphatic rings. The van der Waals surface area contributed by atoms with Crippen LogP contribution in [0.15, 0.2) is 48.5 Å². The number of likely N-dealkylation sites (tertiary alicyclic amines) is 1. The topological polar surface area (TPSA) is 21.7 Å². The normalized spacial score (nSPS) is 23.9. The summed E-state index contributed by atoms with van der Waals surface area (Å²) in [4.78, 5) is 2.42. The van der Waals surface area contributed by atoms with Crippen molar-refractivity contribution in [2.75, 3.05) is 26.2 Å². The second-order valence-electron chi connectivity index (χ2n) is 6.65. The summed E-state index contributed by atoms with van der Waals surface area (Å²) in [7, 11) is 0. The molecule has 2 atom stereocenters. The second kappa shape index (κ2) is 6.81. The predicted molar refractivity (Wildman–Crippen MR) is 91.2 cm³/mol. The average Bonchev–Trinajstić information content (AvgIpc) is 2.62. The minimum Gasteiger partial charge on any atom is -0.486 e. The zero-order valence-corrected chi connectivity index (χ0v) is 13.7. The first-order chi connectivity index (χ1) is 11.8. The van der Waals surface area contributed by atoms with Gasteiger partial charge in [-0.2, -0.15) is 0 Å². The van der Waals surface area contributed by atoms with Gasteiger partial charge in [0.25, 0.3) is 0 Å². The van der Waals surface area contributed by atoms with Crippen LogP contribution >= 0.6 is 0 Å². The molecule has 4 rings (SSSR count). The minimum absolute atomic E-state index is 0.0474. The Morgan fingerprint density at radius 2 is 1.96 bits per heavy atom. The Balaban J connectivity index is 1.39. The number of piperidine rings is 1. The van der Waals surface area contributed by atoms with Crippen LogP contribution in [0.25, 0.3) is 0 Å². The second-order valence-corrected chi connectivity index (χ2v) is 6.65. The monoisotopic (exact) mass is 327 g/mol. The van der Waals surface area contributed by atoms with Gasteiger partial charge in [-0.25, -0.2) is 4.39 Å². The van der Waals surface area contributed by atoms with Crippen molar-refractivity contribution in [2.24, 2.45) is 0 Å². The van der Waals surface area contributed by atoms with Crippen LogP contribution < -0.4 is 9.47 Å². The Bertz CT molecular complexity index is 706. The first-order valence-corrected chi connectivity index (χ1v) is 8.64. The summed E-state index contributed by atoms with van der Waals surface area (Å²) in [5.41, 5.74) is 1.10. The van der Waals surface area contributed by atoms with E-state index in [1.165, 1.54) is 6.07 Å². The Hall–Kier alpha value is -2.07. The standard InChI is InChI=1S/C20H22FNO2/c21-17-7-3-5-15(11-17)16-6-4-10-22(12-16)13-18-14-23-19-8-1-2-9-20(19)24-18/h1-3,5,7-9,11,16,18H,4,6,10,12-14H2/t16-,18+/m1/s1. The van der Waals surface area contributed by atoms with Crippen LogP contribution in [-0.4, -0.2) is 37.2 Å². The quantitative estimate of drug-likeness (QED) is 0.855. The molecule has 2 aromatic rings. The number of rotatable bonds is 3. The molecule has 4 heteroatoms. The van der Waals surface area contributed by atoms with Gasteiger partial charge in [0.2, 0.25) is 0 Å². The fourth-order valence-electron chi connectivity index (χ4n) is 3.69. The van der Waals surface area contributed by atoms with E-state index in [4.69, 9.17) is 9.47 Å². The Morgan fingerprint density at radius 1 is 1.08 bits per heavy atom. The highest BCUT2D eigenvalue weighted by Crippen LogP contribution is 2.32. The van der Waals surface area contributed by atoms with E-state index in [0.717, 1.165) is 49.5 Å². The summed E-state index contributed by atoms with van der Waals surface area (Å²) < 4.78 is 25.4. The molecular formula is C20H22FNO2. The Kier molecular flexibility index (Phi) is 4.39. The maximum absolute atomic E-state index is 13.5. The van der Waals surface area contributed by atoms with Crippen LogP contribution in [0, 0.1) is 5.82 Å². The van der Waals surface area contributed by atoms with Crippen LogP contribution in [0.2, 0.25) is 0 Å². The smallest absolute Gasteiger partial charge is 0.161 e. The van der Waals surface area contributed by atoms with Gasteiger partial charge in [-0.1, -0.05) is 24.3 Å². The molecule has 0 amide bonds. The zero-order valence-electron chi connectivity index (χ0n) is 13.7. The van der Waals surface area contributed by atoms with Gasteiger partial charge in [0.05, 0.1) is 0 Å². The number of hydrogen-bond donors (Lipinski definition) is 0. The molecule has 0 radical (unpaired) electrons. The molecule has 0 aromatic heterocycles. The zero-order chi connectivity index (χ0) is 16.4. The van der Waals surface area contributed by atoms with E-state index >= 15 is 0 Å². The Morgan fingerprint density at radius 3 is 2.83 bits per heavy atom. The van der Waals surface area contributed by atoms with E-state index in [9.17, 15) is 4.39 Å². The van der Waals surface area contributed by atoms with Gasteiger partial charge < -0.3 is 9.47 Å². The number of hydrogen-bond acceptors (Lipinski definition) is 3. The number of benzene rings is 2. The van der Waals surface area contributed by atoms with E-state index in [2.05, 4.69) is 4.90 Å². The summed E-state index contributed by atoms with van der Waals surface area (Å²) in [6, 6.07) is 14.8. The van der Waals surface area contributed by atoms with Gasteiger partial charge >= 0.3 is 0 Å². The van der Waals surface area contributed by atoms with Crippen LogP contribution in [0.5, 0.6) is 11.5 Å². The number of nitrogens with zero attached hydrogens (tertiary/aromatic N) is 1. The fraction of sp³-hybridized carbons (Fsp3) is 0.400. The fourth-order valence-corrected chi connectivity index (χ4v) is 3.69. The van der Waals surface area contributed by atoms with Crippen LogP contribution in [0.3, 0.4) is 0 Å². The first kappa shape index (κ1) is 15.5. The van der Waals surface area contributed by atoms with Crippen molar-refractivity contribution in [3.05, 3.63) is 59.9 Å². The molecule has 0 bridgehead atoms. The van der Waals surface area contributed by atoms with Crippen molar-refractivity contribution in [2.45, 2.75) is 24.9 Å². The van der Waals surface area contributed by atoms with Gasteiger partial charge in [-0.05, 0) is 55.1 Å². The van der Waals surface area contributed by atoms with E-state index in [-0.39, 0.29) is 11.9 Å². The summed E-state index contributed by atoms with van der Waals surface area (Å²) in [6.07, 6.45) is 2.29. The van der Waals surface area contributed by atoms with Crippen molar-refractivity contribution < 1.29 is 13.9 Å². The van der Waals surface area contributed by atoms with Crippen molar-refractivity contribution in [3.63, 3.8) is 0 Å². The first-order valence-electron chi connectivity index (χ1n) is 8.64. The molecule has 0 saturated carbocycles. The van der Waals surface area contributed by atoms with Crippen molar-refractivity contribution in [1.82, 2.24) is 4.90 Å². The van der Waals surface area contributed by atoms with E-state index < -0.39 is 0 Å². The summed E-state index contributed by atoms with van der Waals surface area (Å²) in [5.74, 6) is 1.90. The Labute approximate surface area is 142 Å². The molecule has 0 unspecified atom stereocenters. The van der Waals surface area contributed by atoms with Crippen LogP contribution in [-0.2, 0) is 0 Å². The maximum Gasteiger partial charge on any atom is 0.161 e. The number of halogens is 1. The van der Waals surface area contributed by atoms with Crippen molar-refractivity contribution in [3.8, 4) is 11.5 Å². The van der Waals surface area contributed by atoms with E-state index in [1.54, 1.807) is 12.1 Å².